The van der Waals surface area contributed by atoms with Crippen LogP contribution in [0.3, 0.4) is 0 Å². The molecular formula is C20H26N2O5S2. The Bertz CT molecular complexity index is 1080. The van der Waals surface area contributed by atoms with Crippen LogP contribution in [0.15, 0.2) is 42.5 Å². The molecule has 0 atom stereocenters. The molecule has 7 nitrogen and oxygen atoms in total. The van der Waals surface area contributed by atoms with Gasteiger partial charge >= 0.3 is 0 Å². The Morgan fingerprint density at radius 1 is 1.10 bits per heavy atom. The van der Waals surface area contributed by atoms with E-state index in [4.69, 9.17) is 4.74 Å². The number of nitrogens with zero attached hydrogens (tertiary/aromatic N) is 1. The molecule has 0 radical (unpaired) electrons. The van der Waals surface area contributed by atoms with Crippen molar-refractivity contribution in [2.45, 2.75) is 31.9 Å². The minimum absolute atomic E-state index is 0.0657. The average molecular weight is 439 g/mol. The molecule has 0 unspecified atom stereocenters. The molecule has 1 N–H and O–H groups in total. The van der Waals surface area contributed by atoms with Gasteiger partial charge in [-0.3, -0.25) is 9.03 Å². The lowest BCUT2D eigenvalue weighted by molar-refractivity contribution is 0.411. The highest BCUT2D eigenvalue weighted by Gasteiger charge is 2.27. The molecule has 0 aromatic heterocycles. The zero-order valence-corrected chi connectivity index (χ0v) is 18.2. The molecule has 3 rings (SSSR count). The van der Waals surface area contributed by atoms with Crippen LogP contribution >= 0.6 is 0 Å². The summed E-state index contributed by atoms with van der Waals surface area (Å²) in [5.41, 5.74) is 2.36. The van der Waals surface area contributed by atoms with Gasteiger partial charge in [-0.15, -0.1) is 0 Å². The van der Waals surface area contributed by atoms with Crippen molar-refractivity contribution in [3.8, 4) is 5.75 Å². The normalized spacial score (nSPS) is 14.3. The number of benzene rings is 2. The SMILES string of the molecule is CCCS(=O)(=O)N1CCCc2ccc(NS(=O)(=O)Cc3ccccc3OC)cc21. The first-order valence-electron chi connectivity index (χ1n) is 9.51. The van der Waals surface area contributed by atoms with Crippen LogP contribution in [0.2, 0.25) is 0 Å². The Balaban J connectivity index is 1.87. The largest absolute Gasteiger partial charge is 0.496 e. The maximum atomic E-state index is 12.7. The lowest BCUT2D eigenvalue weighted by atomic mass is 10.0. The monoisotopic (exact) mass is 438 g/mol. The van der Waals surface area contributed by atoms with E-state index in [0.29, 0.717) is 35.7 Å². The fourth-order valence-corrected chi connectivity index (χ4v) is 6.32. The maximum absolute atomic E-state index is 12.7. The molecule has 0 aliphatic carbocycles. The molecule has 0 saturated heterocycles. The maximum Gasteiger partial charge on any atom is 0.237 e. The number of sulfonamides is 2. The molecule has 2 aromatic carbocycles. The van der Waals surface area contributed by atoms with Gasteiger partial charge in [-0.2, -0.15) is 0 Å². The van der Waals surface area contributed by atoms with Crippen molar-refractivity contribution in [3.05, 3.63) is 53.6 Å². The third kappa shape index (κ3) is 5.02. The van der Waals surface area contributed by atoms with E-state index in [9.17, 15) is 16.8 Å². The second-order valence-corrected chi connectivity index (χ2v) is 10.7. The van der Waals surface area contributed by atoms with Gasteiger partial charge in [0.2, 0.25) is 20.0 Å². The van der Waals surface area contributed by atoms with Crippen molar-refractivity contribution in [2.75, 3.05) is 28.4 Å². The van der Waals surface area contributed by atoms with Crippen molar-refractivity contribution in [3.63, 3.8) is 0 Å². The Labute approximate surface area is 172 Å². The van der Waals surface area contributed by atoms with Gasteiger partial charge in [0.25, 0.3) is 0 Å². The molecule has 1 heterocycles. The van der Waals surface area contributed by atoms with Gasteiger partial charge in [-0.1, -0.05) is 31.2 Å². The molecule has 29 heavy (non-hydrogen) atoms. The number of ether oxygens (including phenoxy) is 1. The Hall–Kier alpha value is -2.26. The first-order chi connectivity index (χ1) is 13.8. The molecule has 9 heteroatoms. The van der Waals surface area contributed by atoms with Gasteiger partial charge in [-0.25, -0.2) is 16.8 Å². The molecular weight excluding hydrogens is 412 g/mol. The zero-order chi connectivity index (χ0) is 21.1. The number of anilines is 2. The van der Waals surface area contributed by atoms with Crippen LogP contribution in [0.4, 0.5) is 11.4 Å². The second-order valence-electron chi connectivity index (χ2n) is 7.01. The van der Waals surface area contributed by atoms with Crippen molar-refractivity contribution < 1.29 is 21.6 Å². The highest BCUT2D eigenvalue weighted by molar-refractivity contribution is 7.92. The first-order valence-corrected chi connectivity index (χ1v) is 12.8. The average Bonchev–Trinajstić information content (AvgIpc) is 2.67. The summed E-state index contributed by atoms with van der Waals surface area (Å²) in [7, 11) is -5.64. The van der Waals surface area contributed by atoms with Gasteiger partial charge in [0, 0.05) is 12.1 Å². The predicted molar refractivity (Wildman–Crippen MR) is 115 cm³/mol. The summed E-state index contributed by atoms with van der Waals surface area (Å²) >= 11 is 0. The number of hydrogen-bond donors (Lipinski definition) is 1. The Morgan fingerprint density at radius 3 is 2.59 bits per heavy atom. The summed E-state index contributed by atoms with van der Waals surface area (Å²) in [5, 5.41) is 0. The Morgan fingerprint density at radius 2 is 1.86 bits per heavy atom. The summed E-state index contributed by atoms with van der Waals surface area (Å²) in [6.07, 6.45) is 2.04. The highest BCUT2D eigenvalue weighted by atomic mass is 32.2. The highest BCUT2D eigenvalue weighted by Crippen LogP contribution is 2.33. The number of fused-ring (bicyclic) bond motifs is 1. The van der Waals surface area contributed by atoms with E-state index in [0.717, 1.165) is 18.4 Å². The zero-order valence-electron chi connectivity index (χ0n) is 16.6. The van der Waals surface area contributed by atoms with Crippen LogP contribution in [-0.4, -0.2) is 36.2 Å². The fourth-order valence-electron chi connectivity index (χ4n) is 3.50. The smallest absolute Gasteiger partial charge is 0.237 e. The topological polar surface area (TPSA) is 92.8 Å². The van der Waals surface area contributed by atoms with E-state index < -0.39 is 20.0 Å². The van der Waals surface area contributed by atoms with E-state index in [-0.39, 0.29) is 11.5 Å². The summed E-state index contributed by atoms with van der Waals surface area (Å²) in [5.74, 6) is 0.322. The summed E-state index contributed by atoms with van der Waals surface area (Å²) in [6, 6.07) is 12.0. The number of hydrogen-bond acceptors (Lipinski definition) is 5. The minimum Gasteiger partial charge on any atom is -0.496 e. The number of para-hydroxylation sites is 1. The third-order valence-electron chi connectivity index (χ3n) is 4.77. The van der Waals surface area contributed by atoms with E-state index in [2.05, 4.69) is 4.72 Å². The van der Waals surface area contributed by atoms with Gasteiger partial charge in [0.15, 0.2) is 0 Å². The van der Waals surface area contributed by atoms with Crippen LogP contribution in [0, 0.1) is 0 Å². The van der Waals surface area contributed by atoms with Crippen molar-refractivity contribution in [1.29, 1.82) is 0 Å². The molecule has 0 fully saturated rings. The molecule has 0 bridgehead atoms. The number of nitrogens with one attached hydrogen (secondary N) is 1. The second kappa shape index (κ2) is 8.62. The van der Waals surface area contributed by atoms with Crippen molar-refractivity contribution in [2.24, 2.45) is 0 Å². The quantitative estimate of drug-likeness (QED) is 0.684. The summed E-state index contributed by atoms with van der Waals surface area (Å²) in [4.78, 5) is 0. The third-order valence-corrected chi connectivity index (χ3v) is 7.98. The van der Waals surface area contributed by atoms with Gasteiger partial charge in [-0.05, 0) is 43.0 Å². The summed E-state index contributed by atoms with van der Waals surface area (Å²) < 4.78 is 59.8. The standard InChI is InChI=1S/C20H26N2O5S2/c1-3-13-29(25,26)22-12-6-8-16-10-11-18(14-19(16)22)21-28(23,24)15-17-7-4-5-9-20(17)27-2/h4-5,7,9-11,14,21H,3,6,8,12-13,15H2,1-2H3. The molecule has 1 aliphatic rings. The number of rotatable bonds is 8. The first kappa shape index (κ1) is 21.4. The van der Waals surface area contributed by atoms with Crippen LogP contribution in [-0.2, 0) is 32.2 Å². The predicted octanol–water partition coefficient (Wildman–Crippen LogP) is 3.13. The van der Waals surface area contributed by atoms with E-state index in [1.165, 1.54) is 11.4 Å². The van der Waals surface area contributed by atoms with Gasteiger partial charge in [0.05, 0.1) is 30.0 Å². The lowest BCUT2D eigenvalue weighted by Gasteiger charge is -2.31. The lowest BCUT2D eigenvalue weighted by Crippen LogP contribution is -2.37. The molecule has 0 amide bonds. The molecule has 0 spiro atoms. The molecule has 1 aliphatic heterocycles. The van der Waals surface area contributed by atoms with Crippen LogP contribution in [0.25, 0.3) is 0 Å². The number of methoxy groups -OCH3 is 1. The molecule has 0 saturated carbocycles. The fraction of sp³-hybridized carbons (Fsp3) is 0.400. The molecule has 158 valence electrons. The van der Waals surface area contributed by atoms with Gasteiger partial charge in [0.1, 0.15) is 5.75 Å². The van der Waals surface area contributed by atoms with E-state index >= 15 is 0 Å². The van der Waals surface area contributed by atoms with E-state index in [1.807, 2.05) is 6.92 Å². The van der Waals surface area contributed by atoms with Crippen molar-refractivity contribution in [1.82, 2.24) is 0 Å². The summed E-state index contributed by atoms with van der Waals surface area (Å²) in [6.45, 7) is 2.23. The van der Waals surface area contributed by atoms with Crippen LogP contribution in [0.1, 0.15) is 30.9 Å². The Kier molecular flexibility index (Phi) is 6.38. The van der Waals surface area contributed by atoms with Crippen LogP contribution < -0.4 is 13.8 Å². The minimum atomic E-state index is -3.71. The molecule has 2 aromatic rings. The van der Waals surface area contributed by atoms with Gasteiger partial charge < -0.3 is 4.74 Å². The van der Waals surface area contributed by atoms with Crippen molar-refractivity contribution >= 4 is 31.4 Å². The number of aryl methyl sites for hydroxylation is 1. The van der Waals surface area contributed by atoms with Crippen LogP contribution in [0.5, 0.6) is 5.75 Å². The van der Waals surface area contributed by atoms with E-state index in [1.54, 1.807) is 42.5 Å².